The first-order valence-electron chi connectivity index (χ1n) is 7.97. The number of benzene rings is 1. The molecule has 5 heteroatoms. The second kappa shape index (κ2) is 6.93. The summed E-state index contributed by atoms with van der Waals surface area (Å²) in [6.07, 6.45) is 0.916. The van der Waals surface area contributed by atoms with E-state index in [1.807, 2.05) is 28.5 Å². The molecule has 1 fully saturated rings. The predicted octanol–water partition coefficient (Wildman–Crippen LogP) is 4.23. The standard InChI is InChI=1S/C18H21ClN2OS/c1-3-16-13(2)23-12-17(16)18(22)21-9-7-20(8-10-21)15-6-4-5-14(19)11-15/h4-6,11-12H,3,7-10H2,1-2H3. The van der Waals surface area contributed by atoms with Crippen LogP contribution in [0.1, 0.15) is 27.7 Å². The summed E-state index contributed by atoms with van der Waals surface area (Å²) in [5.41, 5.74) is 3.23. The molecule has 2 heterocycles. The third-order valence-corrected chi connectivity index (χ3v) is 5.62. The molecule has 0 N–H and O–H groups in total. The Morgan fingerprint density at radius 1 is 1.26 bits per heavy atom. The van der Waals surface area contributed by atoms with Gasteiger partial charge in [-0.15, -0.1) is 11.3 Å². The van der Waals surface area contributed by atoms with E-state index in [1.165, 1.54) is 10.4 Å². The number of rotatable bonds is 3. The van der Waals surface area contributed by atoms with Crippen LogP contribution in [0.3, 0.4) is 0 Å². The molecule has 1 amide bonds. The summed E-state index contributed by atoms with van der Waals surface area (Å²) < 4.78 is 0. The van der Waals surface area contributed by atoms with Crippen molar-refractivity contribution in [3.63, 3.8) is 0 Å². The lowest BCUT2D eigenvalue weighted by atomic mass is 10.1. The van der Waals surface area contributed by atoms with Gasteiger partial charge in [0.2, 0.25) is 0 Å². The molecule has 0 spiro atoms. The van der Waals surface area contributed by atoms with Crippen molar-refractivity contribution in [1.29, 1.82) is 0 Å². The second-order valence-corrected chi connectivity index (χ2v) is 7.32. The average molecular weight is 349 g/mol. The van der Waals surface area contributed by atoms with Gasteiger partial charge < -0.3 is 9.80 Å². The van der Waals surface area contributed by atoms with Crippen molar-refractivity contribution in [3.8, 4) is 0 Å². The number of hydrogen-bond acceptors (Lipinski definition) is 3. The molecule has 1 saturated heterocycles. The Morgan fingerprint density at radius 2 is 2.00 bits per heavy atom. The first-order chi connectivity index (χ1) is 11.1. The fraction of sp³-hybridized carbons (Fsp3) is 0.389. The number of aryl methyl sites for hydroxylation is 1. The average Bonchev–Trinajstić information content (AvgIpc) is 2.95. The van der Waals surface area contributed by atoms with Crippen LogP contribution in [0.15, 0.2) is 29.6 Å². The highest BCUT2D eigenvalue weighted by Gasteiger charge is 2.25. The number of carbonyl (C=O) groups is 1. The largest absolute Gasteiger partial charge is 0.368 e. The van der Waals surface area contributed by atoms with Gasteiger partial charge in [-0.05, 0) is 37.1 Å². The van der Waals surface area contributed by atoms with Gasteiger partial charge in [0.1, 0.15) is 0 Å². The molecular weight excluding hydrogens is 328 g/mol. The lowest BCUT2D eigenvalue weighted by Crippen LogP contribution is -2.48. The van der Waals surface area contributed by atoms with Gasteiger partial charge in [-0.1, -0.05) is 24.6 Å². The van der Waals surface area contributed by atoms with Crippen LogP contribution in [-0.4, -0.2) is 37.0 Å². The maximum absolute atomic E-state index is 12.8. The SMILES string of the molecule is CCc1c(C(=O)N2CCN(c3cccc(Cl)c3)CC2)csc1C. The van der Waals surface area contributed by atoms with E-state index < -0.39 is 0 Å². The lowest BCUT2D eigenvalue weighted by Gasteiger charge is -2.36. The number of carbonyl (C=O) groups excluding carboxylic acids is 1. The zero-order valence-electron chi connectivity index (χ0n) is 13.5. The molecule has 3 nitrogen and oxygen atoms in total. The molecule has 3 rings (SSSR count). The molecule has 2 aromatic rings. The van der Waals surface area contributed by atoms with E-state index in [2.05, 4.69) is 24.8 Å². The smallest absolute Gasteiger partial charge is 0.255 e. The first-order valence-corrected chi connectivity index (χ1v) is 9.22. The monoisotopic (exact) mass is 348 g/mol. The number of nitrogens with zero attached hydrogens (tertiary/aromatic N) is 2. The fourth-order valence-electron chi connectivity index (χ4n) is 3.11. The quantitative estimate of drug-likeness (QED) is 0.828. The van der Waals surface area contributed by atoms with Crippen molar-refractivity contribution < 1.29 is 4.79 Å². The fourth-order valence-corrected chi connectivity index (χ4v) is 4.23. The molecule has 0 radical (unpaired) electrons. The summed E-state index contributed by atoms with van der Waals surface area (Å²) in [5, 5.41) is 2.77. The van der Waals surface area contributed by atoms with Gasteiger partial charge in [0, 0.05) is 47.1 Å². The summed E-state index contributed by atoms with van der Waals surface area (Å²) >= 11 is 7.74. The highest BCUT2D eigenvalue weighted by atomic mass is 35.5. The zero-order chi connectivity index (χ0) is 16.4. The van der Waals surface area contributed by atoms with Crippen LogP contribution in [-0.2, 0) is 6.42 Å². The van der Waals surface area contributed by atoms with E-state index in [0.29, 0.717) is 0 Å². The molecular formula is C18H21ClN2OS. The Kier molecular flexibility index (Phi) is 4.93. The van der Waals surface area contributed by atoms with Crippen LogP contribution < -0.4 is 4.90 Å². The minimum absolute atomic E-state index is 0.178. The molecule has 1 aliphatic rings. The summed E-state index contributed by atoms with van der Waals surface area (Å²) in [6.45, 7) is 7.40. The predicted molar refractivity (Wildman–Crippen MR) is 98.0 cm³/mol. The first kappa shape index (κ1) is 16.3. The van der Waals surface area contributed by atoms with E-state index >= 15 is 0 Å². The van der Waals surface area contributed by atoms with E-state index in [1.54, 1.807) is 11.3 Å². The summed E-state index contributed by atoms with van der Waals surface area (Å²) in [7, 11) is 0. The van der Waals surface area contributed by atoms with Gasteiger partial charge >= 0.3 is 0 Å². The van der Waals surface area contributed by atoms with Crippen molar-refractivity contribution >= 4 is 34.5 Å². The molecule has 1 aliphatic heterocycles. The molecule has 0 atom stereocenters. The molecule has 23 heavy (non-hydrogen) atoms. The van der Waals surface area contributed by atoms with Gasteiger partial charge in [-0.25, -0.2) is 0 Å². The third kappa shape index (κ3) is 3.38. The van der Waals surface area contributed by atoms with E-state index in [4.69, 9.17) is 11.6 Å². The van der Waals surface area contributed by atoms with Crippen molar-refractivity contribution in [1.82, 2.24) is 4.90 Å². The van der Waals surface area contributed by atoms with Crippen molar-refractivity contribution in [2.45, 2.75) is 20.3 Å². The van der Waals surface area contributed by atoms with Crippen LogP contribution in [0.5, 0.6) is 0 Å². The van der Waals surface area contributed by atoms with E-state index in [0.717, 1.165) is 48.9 Å². The van der Waals surface area contributed by atoms with Crippen LogP contribution in [0.2, 0.25) is 5.02 Å². The van der Waals surface area contributed by atoms with Gasteiger partial charge in [-0.2, -0.15) is 0 Å². The Morgan fingerprint density at radius 3 is 2.65 bits per heavy atom. The Bertz CT molecular complexity index is 705. The molecule has 1 aromatic heterocycles. The van der Waals surface area contributed by atoms with Crippen LogP contribution in [0.4, 0.5) is 5.69 Å². The summed E-state index contributed by atoms with van der Waals surface area (Å²) in [5.74, 6) is 0.178. The molecule has 0 unspecified atom stereocenters. The molecule has 122 valence electrons. The molecule has 1 aromatic carbocycles. The maximum atomic E-state index is 12.8. The molecule has 0 bridgehead atoms. The number of halogens is 1. The van der Waals surface area contributed by atoms with Crippen molar-refractivity contribution in [2.24, 2.45) is 0 Å². The van der Waals surface area contributed by atoms with Gasteiger partial charge in [0.05, 0.1) is 5.56 Å². The second-order valence-electron chi connectivity index (χ2n) is 5.80. The van der Waals surface area contributed by atoms with E-state index in [9.17, 15) is 4.79 Å². The lowest BCUT2D eigenvalue weighted by molar-refractivity contribution is 0.0746. The number of thiophene rings is 1. The Hall–Kier alpha value is -1.52. The summed E-state index contributed by atoms with van der Waals surface area (Å²) in [6, 6.07) is 7.91. The molecule has 0 saturated carbocycles. The normalized spacial score (nSPS) is 15.1. The number of amides is 1. The van der Waals surface area contributed by atoms with Crippen molar-refractivity contribution in [3.05, 3.63) is 50.7 Å². The van der Waals surface area contributed by atoms with Gasteiger partial charge in [0.15, 0.2) is 0 Å². The van der Waals surface area contributed by atoms with E-state index in [-0.39, 0.29) is 5.91 Å². The molecule has 0 aliphatic carbocycles. The number of hydrogen-bond donors (Lipinski definition) is 0. The maximum Gasteiger partial charge on any atom is 0.255 e. The zero-order valence-corrected chi connectivity index (χ0v) is 15.1. The minimum Gasteiger partial charge on any atom is -0.368 e. The van der Waals surface area contributed by atoms with Crippen LogP contribution >= 0.6 is 22.9 Å². The minimum atomic E-state index is 0.178. The number of anilines is 1. The van der Waals surface area contributed by atoms with Gasteiger partial charge in [-0.3, -0.25) is 4.79 Å². The highest BCUT2D eigenvalue weighted by molar-refractivity contribution is 7.10. The number of piperazine rings is 1. The van der Waals surface area contributed by atoms with Crippen LogP contribution in [0.25, 0.3) is 0 Å². The van der Waals surface area contributed by atoms with Crippen molar-refractivity contribution in [2.75, 3.05) is 31.1 Å². The Balaban J connectivity index is 1.68. The topological polar surface area (TPSA) is 23.6 Å². The highest BCUT2D eigenvalue weighted by Crippen LogP contribution is 2.25. The van der Waals surface area contributed by atoms with Gasteiger partial charge in [0.25, 0.3) is 5.91 Å². The Labute approximate surface area is 146 Å². The van der Waals surface area contributed by atoms with Crippen LogP contribution in [0, 0.1) is 6.92 Å². The summed E-state index contributed by atoms with van der Waals surface area (Å²) in [4.78, 5) is 18.3. The third-order valence-electron chi connectivity index (χ3n) is 4.43.